The van der Waals surface area contributed by atoms with Gasteiger partial charge in [0.05, 0.1) is 6.10 Å². The maximum atomic E-state index is 11.3. The summed E-state index contributed by atoms with van der Waals surface area (Å²) >= 11 is 0. The molecule has 0 heterocycles. The highest BCUT2D eigenvalue weighted by Gasteiger charge is 2.04. The predicted molar refractivity (Wildman–Crippen MR) is 103 cm³/mol. The van der Waals surface area contributed by atoms with E-state index in [0.717, 1.165) is 6.42 Å². The Bertz CT molecular complexity index is 222. The van der Waals surface area contributed by atoms with Gasteiger partial charge in [0.15, 0.2) is 0 Å². The van der Waals surface area contributed by atoms with Crippen molar-refractivity contribution in [3.05, 3.63) is 0 Å². The third kappa shape index (κ3) is 26.7. The molecule has 23 heavy (non-hydrogen) atoms. The Morgan fingerprint density at radius 1 is 0.652 bits per heavy atom. The van der Waals surface area contributed by atoms with Crippen LogP contribution in [0.5, 0.6) is 0 Å². The lowest BCUT2D eigenvalue weighted by atomic mass is 10.1. The van der Waals surface area contributed by atoms with E-state index in [4.69, 9.17) is 4.74 Å². The van der Waals surface area contributed by atoms with Crippen LogP contribution < -0.4 is 0 Å². The van der Waals surface area contributed by atoms with E-state index < -0.39 is 0 Å². The Balaban J connectivity index is 0. The number of esters is 1. The third-order valence-electron chi connectivity index (χ3n) is 3.85. The summed E-state index contributed by atoms with van der Waals surface area (Å²) in [6.07, 6.45) is 17.7. The van der Waals surface area contributed by atoms with Crippen LogP contribution >= 0.6 is 0 Å². The molecular weight excluding hydrogens is 284 g/mol. The predicted octanol–water partition coefficient (Wildman–Crippen LogP) is 7.45. The van der Waals surface area contributed by atoms with Crippen LogP contribution in [0.25, 0.3) is 0 Å². The van der Waals surface area contributed by atoms with Crippen molar-refractivity contribution in [1.29, 1.82) is 0 Å². The zero-order valence-electron chi connectivity index (χ0n) is 16.8. The van der Waals surface area contributed by atoms with E-state index in [9.17, 15) is 4.79 Å². The fraction of sp³-hybridized carbons (Fsp3) is 0.952. The zero-order chi connectivity index (χ0) is 17.8. The fourth-order valence-electron chi connectivity index (χ4n) is 2.26. The SMILES string of the molecule is CCCC.CCCCCCCCCCCCCC(=O)OC(C)C. The molecule has 0 fully saturated rings. The molecular formula is C21H44O2. The Morgan fingerprint density at radius 2 is 1.04 bits per heavy atom. The fourth-order valence-corrected chi connectivity index (χ4v) is 2.26. The highest BCUT2D eigenvalue weighted by Crippen LogP contribution is 2.12. The molecule has 0 aromatic heterocycles. The van der Waals surface area contributed by atoms with Gasteiger partial charge in [-0.2, -0.15) is 0 Å². The maximum absolute atomic E-state index is 11.3. The van der Waals surface area contributed by atoms with Crippen LogP contribution in [0.4, 0.5) is 0 Å². The maximum Gasteiger partial charge on any atom is 0.306 e. The number of carbonyl (C=O) groups excluding carboxylic acids is 1. The van der Waals surface area contributed by atoms with Gasteiger partial charge in [0.1, 0.15) is 0 Å². The van der Waals surface area contributed by atoms with Gasteiger partial charge in [-0.1, -0.05) is 97.8 Å². The smallest absolute Gasteiger partial charge is 0.306 e. The number of unbranched alkanes of at least 4 members (excludes halogenated alkanes) is 11. The highest BCUT2D eigenvalue weighted by atomic mass is 16.5. The molecule has 0 aliphatic rings. The van der Waals surface area contributed by atoms with Gasteiger partial charge < -0.3 is 4.74 Å². The van der Waals surface area contributed by atoms with Crippen LogP contribution in [0.1, 0.15) is 125 Å². The Kier molecular flexibility index (Phi) is 23.1. The third-order valence-corrected chi connectivity index (χ3v) is 3.85. The van der Waals surface area contributed by atoms with Crippen molar-refractivity contribution in [2.45, 2.75) is 131 Å². The molecule has 0 amide bonds. The molecule has 0 radical (unpaired) electrons. The molecule has 0 bridgehead atoms. The van der Waals surface area contributed by atoms with Crippen molar-refractivity contribution >= 4 is 5.97 Å². The van der Waals surface area contributed by atoms with Crippen molar-refractivity contribution in [1.82, 2.24) is 0 Å². The first-order chi connectivity index (χ1) is 11.1. The van der Waals surface area contributed by atoms with Gasteiger partial charge in [0.25, 0.3) is 0 Å². The van der Waals surface area contributed by atoms with Gasteiger partial charge in [0, 0.05) is 6.42 Å². The Labute approximate surface area is 146 Å². The summed E-state index contributed by atoms with van der Waals surface area (Å²) in [5, 5.41) is 0. The second-order valence-electron chi connectivity index (χ2n) is 6.82. The number of carbonyl (C=O) groups is 1. The lowest BCUT2D eigenvalue weighted by molar-refractivity contribution is -0.147. The summed E-state index contributed by atoms with van der Waals surface area (Å²) in [5.41, 5.74) is 0. The van der Waals surface area contributed by atoms with Gasteiger partial charge in [-0.15, -0.1) is 0 Å². The normalized spacial score (nSPS) is 10.3. The van der Waals surface area contributed by atoms with Crippen LogP contribution in [-0.2, 0) is 9.53 Å². The van der Waals surface area contributed by atoms with Crippen LogP contribution in [0, 0.1) is 0 Å². The van der Waals surface area contributed by atoms with Gasteiger partial charge in [-0.3, -0.25) is 4.79 Å². The van der Waals surface area contributed by atoms with Crippen molar-refractivity contribution in [2.24, 2.45) is 0 Å². The lowest BCUT2D eigenvalue weighted by Crippen LogP contribution is -2.10. The summed E-state index contributed by atoms with van der Waals surface area (Å²) < 4.78 is 5.10. The molecule has 0 atom stereocenters. The molecule has 0 saturated carbocycles. The second kappa shape index (κ2) is 21.5. The largest absolute Gasteiger partial charge is 0.463 e. The van der Waals surface area contributed by atoms with Gasteiger partial charge >= 0.3 is 5.97 Å². The molecule has 0 aliphatic heterocycles. The molecule has 0 N–H and O–H groups in total. The first-order valence-electron chi connectivity index (χ1n) is 10.3. The molecule has 2 heteroatoms. The van der Waals surface area contributed by atoms with Crippen molar-refractivity contribution in [2.75, 3.05) is 0 Å². The van der Waals surface area contributed by atoms with Crippen LogP contribution in [0.3, 0.4) is 0 Å². The molecule has 0 unspecified atom stereocenters. The topological polar surface area (TPSA) is 26.3 Å². The Hall–Kier alpha value is -0.530. The van der Waals surface area contributed by atoms with Gasteiger partial charge in [0.2, 0.25) is 0 Å². The average Bonchev–Trinajstić information content (AvgIpc) is 2.52. The summed E-state index contributed by atoms with van der Waals surface area (Å²) in [6, 6.07) is 0. The molecule has 2 nitrogen and oxygen atoms in total. The minimum Gasteiger partial charge on any atom is -0.463 e. The van der Waals surface area contributed by atoms with E-state index in [0.29, 0.717) is 6.42 Å². The molecule has 0 rings (SSSR count). The van der Waals surface area contributed by atoms with Crippen LogP contribution in [0.2, 0.25) is 0 Å². The standard InChI is InChI=1S/C17H34O2.C4H10/c1-4-5-6-7-8-9-10-11-12-13-14-15-17(18)19-16(2)3;1-3-4-2/h16H,4-15H2,1-3H3;3-4H2,1-2H3. The summed E-state index contributed by atoms with van der Waals surface area (Å²) in [7, 11) is 0. The molecule has 140 valence electrons. The summed E-state index contributed by atoms with van der Waals surface area (Å²) in [4.78, 5) is 11.3. The lowest BCUT2D eigenvalue weighted by Gasteiger charge is -2.07. The molecule has 0 aliphatic carbocycles. The molecule has 0 aromatic rings. The number of rotatable bonds is 14. The Morgan fingerprint density at radius 3 is 1.39 bits per heavy atom. The average molecular weight is 329 g/mol. The van der Waals surface area contributed by atoms with Crippen molar-refractivity contribution in [3.63, 3.8) is 0 Å². The second-order valence-corrected chi connectivity index (χ2v) is 6.82. The first-order valence-corrected chi connectivity index (χ1v) is 10.3. The summed E-state index contributed by atoms with van der Waals surface area (Å²) in [5.74, 6) is -0.0362. The van der Waals surface area contributed by atoms with Crippen LogP contribution in [-0.4, -0.2) is 12.1 Å². The van der Waals surface area contributed by atoms with Gasteiger partial charge in [-0.25, -0.2) is 0 Å². The number of hydrogen-bond donors (Lipinski definition) is 0. The van der Waals surface area contributed by atoms with E-state index in [1.165, 1.54) is 77.0 Å². The van der Waals surface area contributed by atoms with Crippen LogP contribution in [0.15, 0.2) is 0 Å². The number of hydrogen-bond acceptors (Lipinski definition) is 2. The first kappa shape index (κ1) is 24.7. The monoisotopic (exact) mass is 328 g/mol. The van der Waals surface area contributed by atoms with Crippen molar-refractivity contribution in [3.8, 4) is 0 Å². The van der Waals surface area contributed by atoms with Crippen molar-refractivity contribution < 1.29 is 9.53 Å². The van der Waals surface area contributed by atoms with E-state index in [2.05, 4.69) is 20.8 Å². The van der Waals surface area contributed by atoms with E-state index in [-0.39, 0.29) is 12.1 Å². The highest BCUT2D eigenvalue weighted by molar-refractivity contribution is 5.69. The van der Waals surface area contributed by atoms with Gasteiger partial charge in [-0.05, 0) is 20.3 Å². The number of ether oxygens (including phenoxy) is 1. The summed E-state index contributed by atoms with van der Waals surface area (Å²) in [6.45, 7) is 10.4. The minimum atomic E-state index is -0.0362. The van der Waals surface area contributed by atoms with E-state index in [1.807, 2.05) is 13.8 Å². The zero-order valence-corrected chi connectivity index (χ0v) is 16.8. The molecule has 0 aromatic carbocycles. The van der Waals surface area contributed by atoms with E-state index >= 15 is 0 Å². The minimum absolute atomic E-state index is 0.0280. The quantitative estimate of drug-likeness (QED) is 0.244. The molecule has 0 spiro atoms. The van der Waals surface area contributed by atoms with E-state index in [1.54, 1.807) is 0 Å². The molecule has 0 saturated heterocycles.